The highest BCUT2D eigenvalue weighted by molar-refractivity contribution is 5.69. The molecule has 0 aromatic heterocycles. The fourth-order valence-corrected chi connectivity index (χ4v) is 2.33. The number of nitrogens with two attached hydrogens (primary N) is 1. The van der Waals surface area contributed by atoms with E-state index in [1.54, 1.807) is 6.07 Å². The number of benzene rings is 1. The summed E-state index contributed by atoms with van der Waals surface area (Å²) < 4.78 is 24.9. The van der Waals surface area contributed by atoms with Crippen molar-refractivity contribution in [3.8, 4) is 5.75 Å². The van der Waals surface area contributed by atoms with Crippen LogP contribution in [0.15, 0.2) is 12.1 Å². The van der Waals surface area contributed by atoms with E-state index in [1.807, 2.05) is 20.8 Å². The van der Waals surface area contributed by atoms with E-state index in [9.17, 15) is 4.39 Å². The molecule has 2 atom stereocenters. The first-order chi connectivity index (χ1) is 9.32. The minimum Gasteiger partial charge on any atom is -0.488 e. The zero-order valence-electron chi connectivity index (χ0n) is 12.5. The number of nitrogen functional groups attached to an aromatic ring is 1. The Hall–Kier alpha value is -1.49. The summed E-state index contributed by atoms with van der Waals surface area (Å²) in [4.78, 5) is 0. The first-order valence-electron chi connectivity index (χ1n) is 6.97. The molecule has 1 aliphatic rings. The van der Waals surface area contributed by atoms with Crippen LogP contribution in [0.2, 0.25) is 0 Å². The van der Waals surface area contributed by atoms with Gasteiger partial charge in [0.05, 0.1) is 29.1 Å². The lowest BCUT2D eigenvalue weighted by atomic mass is 9.94. The monoisotopic (exact) mass is 282 g/mol. The largest absolute Gasteiger partial charge is 0.488 e. The Morgan fingerprint density at radius 3 is 2.75 bits per heavy atom. The third-order valence-corrected chi connectivity index (χ3v) is 3.77. The maximum atomic E-state index is 13.8. The SMILES string of the molecule is CC(C)Oc1cc(NC2(C)CCOC2C)c(N)cc1F. The van der Waals surface area contributed by atoms with Crippen LogP contribution in [0.3, 0.4) is 0 Å². The van der Waals surface area contributed by atoms with Crippen molar-refractivity contribution in [2.75, 3.05) is 17.7 Å². The van der Waals surface area contributed by atoms with Gasteiger partial charge in [-0.25, -0.2) is 4.39 Å². The van der Waals surface area contributed by atoms with Gasteiger partial charge in [-0.1, -0.05) is 0 Å². The Balaban J connectivity index is 2.27. The second-order valence-corrected chi connectivity index (χ2v) is 5.84. The molecule has 0 radical (unpaired) electrons. The van der Waals surface area contributed by atoms with Crippen LogP contribution < -0.4 is 15.8 Å². The number of hydrogen-bond donors (Lipinski definition) is 2. The maximum Gasteiger partial charge on any atom is 0.167 e. The summed E-state index contributed by atoms with van der Waals surface area (Å²) in [5.74, 6) is -0.227. The van der Waals surface area contributed by atoms with Crippen LogP contribution in [0.5, 0.6) is 5.75 Å². The third kappa shape index (κ3) is 2.98. The van der Waals surface area contributed by atoms with Gasteiger partial charge < -0.3 is 20.5 Å². The molecule has 20 heavy (non-hydrogen) atoms. The van der Waals surface area contributed by atoms with Gasteiger partial charge in [-0.3, -0.25) is 0 Å². The summed E-state index contributed by atoms with van der Waals surface area (Å²) in [6.07, 6.45) is 0.859. The van der Waals surface area contributed by atoms with Crippen LogP contribution >= 0.6 is 0 Å². The van der Waals surface area contributed by atoms with E-state index in [4.69, 9.17) is 15.2 Å². The van der Waals surface area contributed by atoms with Crippen molar-refractivity contribution in [2.24, 2.45) is 0 Å². The molecule has 2 rings (SSSR count). The Bertz CT molecular complexity index is 493. The van der Waals surface area contributed by atoms with Crippen molar-refractivity contribution in [3.05, 3.63) is 17.9 Å². The van der Waals surface area contributed by atoms with Gasteiger partial charge >= 0.3 is 0 Å². The molecule has 112 valence electrons. The summed E-state index contributed by atoms with van der Waals surface area (Å²) in [6.45, 7) is 8.52. The first-order valence-corrected chi connectivity index (χ1v) is 6.97. The van der Waals surface area contributed by atoms with Crippen LogP contribution in [0, 0.1) is 5.82 Å². The molecule has 0 saturated carbocycles. The molecule has 4 nitrogen and oxygen atoms in total. The van der Waals surface area contributed by atoms with Crippen LogP contribution in [-0.4, -0.2) is 24.4 Å². The molecule has 0 aliphatic carbocycles. The summed E-state index contributed by atoms with van der Waals surface area (Å²) in [5.41, 5.74) is 6.75. The van der Waals surface area contributed by atoms with Crippen LogP contribution in [-0.2, 0) is 4.74 Å². The Morgan fingerprint density at radius 2 is 2.20 bits per heavy atom. The van der Waals surface area contributed by atoms with Gasteiger partial charge in [0.15, 0.2) is 11.6 Å². The molecule has 0 spiro atoms. The zero-order valence-corrected chi connectivity index (χ0v) is 12.5. The molecule has 1 aliphatic heterocycles. The summed E-state index contributed by atoms with van der Waals surface area (Å²) >= 11 is 0. The smallest absolute Gasteiger partial charge is 0.167 e. The summed E-state index contributed by atoms with van der Waals surface area (Å²) in [5, 5.41) is 3.38. The maximum absolute atomic E-state index is 13.8. The molecule has 5 heteroatoms. The second kappa shape index (κ2) is 5.48. The molecular formula is C15H23FN2O2. The molecule has 1 aromatic carbocycles. The fourth-order valence-electron chi connectivity index (χ4n) is 2.33. The number of anilines is 2. The van der Waals surface area contributed by atoms with Gasteiger partial charge in [0.1, 0.15) is 0 Å². The van der Waals surface area contributed by atoms with Gasteiger partial charge in [-0.15, -0.1) is 0 Å². The van der Waals surface area contributed by atoms with Crippen molar-refractivity contribution in [1.29, 1.82) is 0 Å². The standard InChI is InChI=1S/C15H23FN2O2/c1-9(2)20-14-8-13(12(17)7-11(14)16)18-15(4)5-6-19-10(15)3/h7-10,18H,5-6,17H2,1-4H3. The number of hydrogen-bond acceptors (Lipinski definition) is 4. The molecular weight excluding hydrogens is 259 g/mol. The van der Waals surface area contributed by atoms with E-state index >= 15 is 0 Å². The van der Waals surface area contributed by atoms with E-state index in [1.165, 1.54) is 6.07 Å². The van der Waals surface area contributed by atoms with Gasteiger partial charge in [-0.05, 0) is 34.1 Å². The van der Waals surface area contributed by atoms with Gasteiger partial charge in [0.2, 0.25) is 0 Å². The topological polar surface area (TPSA) is 56.5 Å². The van der Waals surface area contributed by atoms with E-state index in [-0.39, 0.29) is 23.5 Å². The van der Waals surface area contributed by atoms with E-state index in [0.717, 1.165) is 6.42 Å². The van der Waals surface area contributed by atoms with E-state index in [2.05, 4.69) is 12.2 Å². The van der Waals surface area contributed by atoms with E-state index < -0.39 is 5.82 Å². The van der Waals surface area contributed by atoms with Gasteiger partial charge in [0, 0.05) is 18.7 Å². The summed E-state index contributed by atoms with van der Waals surface area (Å²) in [7, 11) is 0. The lowest BCUT2D eigenvalue weighted by Gasteiger charge is -2.31. The lowest BCUT2D eigenvalue weighted by molar-refractivity contribution is 0.105. The van der Waals surface area contributed by atoms with Crippen LogP contribution in [0.25, 0.3) is 0 Å². The predicted octanol–water partition coefficient (Wildman–Crippen LogP) is 3.17. The van der Waals surface area contributed by atoms with E-state index in [0.29, 0.717) is 18.0 Å². The highest BCUT2D eigenvalue weighted by Gasteiger charge is 2.37. The number of halogens is 1. The van der Waals surface area contributed by atoms with Crippen molar-refractivity contribution in [3.63, 3.8) is 0 Å². The summed E-state index contributed by atoms with van der Waals surface area (Å²) in [6, 6.07) is 2.92. The molecule has 1 saturated heterocycles. The minimum atomic E-state index is -0.442. The third-order valence-electron chi connectivity index (χ3n) is 3.77. The van der Waals surface area contributed by atoms with Gasteiger partial charge in [-0.2, -0.15) is 0 Å². The molecule has 1 aromatic rings. The average molecular weight is 282 g/mol. The fraction of sp³-hybridized carbons (Fsp3) is 0.600. The van der Waals surface area contributed by atoms with Crippen LogP contribution in [0.4, 0.5) is 15.8 Å². The van der Waals surface area contributed by atoms with Crippen molar-refractivity contribution in [2.45, 2.75) is 51.9 Å². The Morgan fingerprint density at radius 1 is 1.50 bits per heavy atom. The Labute approximate surface area is 119 Å². The normalized spacial score (nSPS) is 26.0. The number of nitrogens with one attached hydrogen (secondary N) is 1. The average Bonchev–Trinajstić information content (AvgIpc) is 2.65. The number of rotatable bonds is 4. The predicted molar refractivity (Wildman–Crippen MR) is 78.6 cm³/mol. The molecule has 2 unspecified atom stereocenters. The first kappa shape index (κ1) is 14.9. The molecule has 0 amide bonds. The number of ether oxygens (including phenoxy) is 2. The van der Waals surface area contributed by atoms with Crippen LogP contribution in [0.1, 0.15) is 34.1 Å². The van der Waals surface area contributed by atoms with Crippen molar-refractivity contribution < 1.29 is 13.9 Å². The Kier molecular flexibility index (Phi) is 4.09. The quantitative estimate of drug-likeness (QED) is 0.833. The van der Waals surface area contributed by atoms with Crippen molar-refractivity contribution >= 4 is 11.4 Å². The molecule has 3 N–H and O–H groups in total. The zero-order chi connectivity index (χ0) is 14.9. The highest BCUT2D eigenvalue weighted by Crippen LogP contribution is 2.35. The van der Waals surface area contributed by atoms with Gasteiger partial charge in [0.25, 0.3) is 0 Å². The van der Waals surface area contributed by atoms with Crippen molar-refractivity contribution in [1.82, 2.24) is 0 Å². The minimum absolute atomic E-state index is 0.0708. The molecule has 0 bridgehead atoms. The highest BCUT2D eigenvalue weighted by atomic mass is 19.1. The molecule has 1 fully saturated rings. The molecule has 1 heterocycles. The lowest BCUT2D eigenvalue weighted by Crippen LogP contribution is -2.41. The second-order valence-electron chi connectivity index (χ2n) is 5.84.